The van der Waals surface area contributed by atoms with Crippen LogP contribution in [-0.4, -0.2) is 4.98 Å². The lowest BCUT2D eigenvalue weighted by atomic mass is 10.2. The van der Waals surface area contributed by atoms with E-state index in [2.05, 4.69) is 27.0 Å². The van der Waals surface area contributed by atoms with Crippen LogP contribution in [0.15, 0.2) is 30.5 Å². The van der Waals surface area contributed by atoms with Gasteiger partial charge in [0, 0.05) is 16.9 Å². The van der Waals surface area contributed by atoms with Gasteiger partial charge in [0.15, 0.2) is 0 Å². The first-order chi connectivity index (χ1) is 6.31. The molecular formula is C10H7BrClN. The van der Waals surface area contributed by atoms with Crippen LogP contribution in [0.25, 0.3) is 10.9 Å². The fourth-order valence-corrected chi connectivity index (χ4v) is 1.78. The lowest BCUT2D eigenvalue weighted by molar-refractivity contribution is 1.32. The second-order valence-corrected chi connectivity index (χ2v) is 3.76. The molecule has 0 fully saturated rings. The lowest BCUT2D eigenvalue weighted by Crippen LogP contribution is -1.83. The van der Waals surface area contributed by atoms with E-state index in [0.717, 1.165) is 21.8 Å². The van der Waals surface area contributed by atoms with Crippen LogP contribution in [0.4, 0.5) is 0 Å². The Morgan fingerprint density at radius 3 is 3.00 bits per heavy atom. The average molecular weight is 257 g/mol. The maximum atomic E-state index is 5.98. The van der Waals surface area contributed by atoms with E-state index >= 15 is 0 Å². The third kappa shape index (κ3) is 1.69. The van der Waals surface area contributed by atoms with Crippen LogP contribution in [-0.2, 0) is 5.33 Å². The van der Waals surface area contributed by atoms with Crippen molar-refractivity contribution in [3.05, 3.63) is 41.0 Å². The number of para-hydroxylation sites is 1. The van der Waals surface area contributed by atoms with Crippen LogP contribution < -0.4 is 0 Å². The summed E-state index contributed by atoms with van der Waals surface area (Å²) in [5.74, 6) is 0. The van der Waals surface area contributed by atoms with Crippen molar-refractivity contribution in [2.75, 3.05) is 0 Å². The van der Waals surface area contributed by atoms with Gasteiger partial charge in [-0.15, -0.1) is 0 Å². The predicted octanol–water partition coefficient (Wildman–Crippen LogP) is 3.78. The van der Waals surface area contributed by atoms with Gasteiger partial charge in [0.25, 0.3) is 0 Å². The Morgan fingerprint density at radius 1 is 1.38 bits per heavy atom. The Morgan fingerprint density at radius 2 is 2.23 bits per heavy atom. The van der Waals surface area contributed by atoms with Crippen molar-refractivity contribution >= 4 is 38.4 Å². The molecule has 0 unspecified atom stereocenters. The van der Waals surface area contributed by atoms with Crippen LogP contribution in [0, 0.1) is 0 Å². The summed E-state index contributed by atoms with van der Waals surface area (Å²) < 4.78 is 0. The van der Waals surface area contributed by atoms with Crippen LogP contribution in [0.2, 0.25) is 5.02 Å². The van der Waals surface area contributed by atoms with Gasteiger partial charge < -0.3 is 0 Å². The fraction of sp³-hybridized carbons (Fsp3) is 0.100. The molecule has 0 aliphatic heterocycles. The van der Waals surface area contributed by atoms with Gasteiger partial charge >= 0.3 is 0 Å². The normalized spacial score (nSPS) is 10.6. The number of hydrogen-bond donors (Lipinski definition) is 0. The van der Waals surface area contributed by atoms with E-state index in [9.17, 15) is 0 Å². The monoisotopic (exact) mass is 255 g/mol. The Bertz CT molecular complexity index is 442. The molecule has 1 nitrogen and oxygen atoms in total. The zero-order valence-corrected chi connectivity index (χ0v) is 9.14. The number of nitrogens with zero attached hydrogens (tertiary/aromatic N) is 1. The van der Waals surface area contributed by atoms with E-state index in [4.69, 9.17) is 11.6 Å². The molecule has 1 aromatic carbocycles. The zero-order valence-electron chi connectivity index (χ0n) is 6.80. The molecule has 0 aliphatic rings. The van der Waals surface area contributed by atoms with E-state index in [1.165, 1.54) is 0 Å². The maximum Gasteiger partial charge on any atom is 0.0888 e. The van der Waals surface area contributed by atoms with Crippen molar-refractivity contribution < 1.29 is 0 Å². The highest BCUT2D eigenvalue weighted by Crippen LogP contribution is 2.22. The Balaban J connectivity index is 2.72. The number of pyridine rings is 1. The van der Waals surface area contributed by atoms with Crippen molar-refractivity contribution in [3.63, 3.8) is 0 Å². The average Bonchev–Trinajstić information content (AvgIpc) is 2.18. The molecule has 0 spiro atoms. The SMILES string of the molecule is Clc1cccc2cc(CBr)cnc12. The molecule has 2 rings (SSSR count). The Hall–Kier alpha value is -0.600. The largest absolute Gasteiger partial charge is 0.254 e. The number of rotatable bonds is 1. The number of benzene rings is 1. The minimum absolute atomic E-state index is 0.707. The number of fused-ring (bicyclic) bond motifs is 1. The topological polar surface area (TPSA) is 12.9 Å². The quantitative estimate of drug-likeness (QED) is 0.708. The maximum absolute atomic E-state index is 5.98. The second-order valence-electron chi connectivity index (χ2n) is 2.79. The number of halogens is 2. The highest BCUT2D eigenvalue weighted by atomic mass is 79.9. The minimum atomic E-state index is 0.707. The van der Waals surface area contributed by atoms with Gasteiger partial charge in [0.1, 0.15) is 0 Å². The summed E-state index contributed by atoms with van der Waals surface area (Å²) in [7, 11) is 0. The first kappa shape index (κ1) is 8.97. The van der Waals surface area contributed by atoms with Crippen molar-refractivity contribution in [2.24, 2.45) is 0 Å². The standard InChI is InChI=1S/C10H7BrClN/c11-5-7-4-8-2-1-3-9(12)10(8)13-6-7/h1-4,6H,5H2. The lowest BCUT2D eigenvalue weighted by Gasteiger charge is -2.00. The highest BCUT2D eigenvalue weighted by molar-refractivity contribution is 9.08. The van der Waals surface area contributed by atoms with Gasteiger partial charge in [0.05, 0.1) is 10.5 Å². The molecule has 0 aliphatic carbocycles. The molecule has 0 radical (unpaired) electrons. The van der Waals surface area contributed by atoms with Gasteiger partial charge in [-0.25, -0.2) is 0 Å². The van der Waals surface area contributed by atoms with E-state index in [-0.39, 0.29) is 0 Å². The number of alkyl halides is 1. The van der Waals surface area contributed by atoms with Crippen LogP contribution in [0.5, 0.6) is 0 Å². The van der Waals surface area contributed by atoms with Gasteiger partial charge in [-0.2, -0.15) is 0 Å². The van der Waals surface area contributed by atoms with Crippen molar-refractivity contribution in [1.82, 2.24) is 4.98 Å². The van der Waals surface area contributed by atoms with E-state index in [1.807, 2.05) is 24.4 Å². The molecule has 1 heterocycles. The first-order valence-electron chi connectivity index (χ1n) is 3.90. The van der Waals surface area contributed by atoms with Crippen LogP contribution in [0.1, 0.15) is 5.56 Å². The summed E-state index contributed by atoms with van der Waals surface area (Å²) in [5, 5.41) is 2.62. The molecule has 66 valence electrons. The van der Waals surface area contributed by atoms with Crippen LogP contribution in [0.3, 0.4) is 0 Å². The molecule has 1 aromatic heterocycles. The van der Waals surface area contributed by atoms with Crippen molar-refractivity contribution in [3.8, 4) is 0 Å². The fourth-order valence-electron chi connectivity index (χ4n) is 1.24. The van der Waals surface area contributed by atoms with Crippen molar-refractivity contribution in [1.29, 1.82) is 0 Å². The predicted molar refractivity (Wildman–Crippen MR) is 59.4 cm³/mol. The summed E-state index contributed by atoms with van der Waals surface area (Å²) in [6.07, 6.45) is 1.84. The second kappa shape index (κ2) is 3.64. The molecule has 0 saturated carbocycles. The van der Waals surface area contributed by atoms with Gasteiger partial charge in [-0.1, -0.05) is 39.7 Å². The molecule has 0 amide bonds. The highest BCUT2D eigenvalue weighted by Gasteiger charge is 1.99. The molecule has 0 bridgehead atoms. The Kier molecular flexibility index (Phi) is 2.51. The number of hydrogen-bond acceptors (Lipinski definition) is 1. The first-order valence-corrected chi connectivity index (χ1v) is 5.40. The molecular weight excluding hydrogens is 249 g/mol. The summed E-state index contributed by atoms with van der Waals surface area (Å²) in [6.45, 7) is 0. The van der Waals surface area contributed by atoms with Gasteiger partial charge in [-0.3, -0.25) is 4.98 Å². The number of aromatic nitrogens is 1. The van der Waals surface area contributed by atoms with E-state index in [1.54, 1.807) is 0 Å². The van der Waals surface area contributed by atoms with Crippen LogP contribution >= 0.6 is 27.5 Å². The van der Waals surface area contributed by atoms with Crippen molar-refractivity contribution in [2.45, 2.75) is 5.33 Å². The smallest absolute Gasteiger partial charge is 0.0888 e. The summed E-state index contributed by atoms with van der Waals surface area (Å²) in [4.78, 5) is 4.29. The summed E-state index contributed by atoms with van der Waals surface area (Å²) in [6, 6.07) is 7.89. The molecule has 13 heavy (non-hydrogen) atoms. The van der Waals surface area contributed by atoms with E-state index in [0.29, 0.717) is 5.02 Å². The molecule has 0 atom stereocenters. The minimum Gasteiger partial charge on any atom is -0.254 e. The zero-order chi connectivity index (χ0) is 9.26. The third-order valence-electron chi connectivity index (χ3n) is 1.87. The van der Waals surface area contributed by atoms with Gasteiger partial charge in [0.2, 0.25) is 0 Å². The molecule has 0 N–H and O–H groups in total. The third-order valence-corrected chi connectivity index (χ3v) is 2.83. The Labute approximate surface area is 89.9 Å². The van der Waals surface area contributed by atoms with E-state index < -0.39 is 0 Å². The molecule has 0 saturated heterocycles. The summed E-state index contributed by atoms with van der Waals surface area (Å²) in [5.41, 5.74) is 2.03. The summed E-state index contributed by atoms with van der Waals surface area (Å²) >= 11 is 9.37. The van der Waals surface area contributed by atoms with Gasteiger partial charge in [-0.05, 0) is 17.7 Å². The molecule has 2 aromatic rings. The molecule has 3 heteroatoms.